The molecule has 2 heterocycles. The Hall–Kier alpha value is -2.39. The predicted octanol–water partition coefficient (Wildman–Crippen LogP) is 6.29. The molecule has 0 aliphatic carbocycles. The van der Waals surface area contributed by atoms with Crippen molar-refractivity contribution in [1.29, 1.82) is 0 Å². The second-order valence-electron chi connectivity index (χ2n) is 7.09. The molecule has 0 spiro atoms. The molecule has 4 rings (SSSR count). The average molecular weight is 548 g/mol. The SMILES string of the molecule is Cc1ccc(C)c(N2C(=O)/C(=C/c3cc(Br)c(Sc4ccc(Cl)cc4)o3)C(=O)NC2=S)c1. The summed E-state index contributed by atoms with van der Waals surface area (Å²) in [7, 11) is 0. The number of hydrogen-bond acceptors (Lipinski definition) is 5. The van der Waals surface area contributed by atoms with Crippen LogP contribution in [0.3, 0.4) is 0 Å². The fraction of sp³-hybridized carbons (Fsp3) is 0.0870. The standard InChI is InChI=1S/C23H16BrClN2O3S2/c1-12-3-4-13(2)19(9-12)27-21(29)17(20(28)26-23(27)31)10-15-11-18(24)22(30-15)32-16-7-5-14(25)6-8-16/h3-11H,1-2H3,(H,26,28,31)/b17-10+. The van der Waals surface area contributed by atoms with Gasteiger partial charge in [0, 0.05) is 9.92 Å². The molecule has 1 aliphatic rings. The molecule has 1 fully saturated rings. The monoisotopic (exact) mass is 546 g/mol. The molecule has 9 heteroatoms. The van der Waals surface area contributed by atoms with Gasteiger partial charge in [-0.25, -0.2) is 0 Å². The van der Waals surface area contributed by atoms with Gasteiger partial charge in [0.15, 0.2) is 10.2 Å². The van der Waals surface area contributed by atoms with Gasteiger partial charge in [-0.05, 0) is 95.6 Å². The van der Waals surface area contributed by atoms with E-state index in [1.54, 1.807) is 18.2 Å². The highest BCUT2D eigenvalue weighted by Crippen LogP contribution is 2.37. The summed E-state index contributed by atoms with van der Waals surface area (Å²) in [6, 6.07) is 14.8. The molecule has 2 aromatic carbocycles. The van der Waals surface area contributed by atoms with Crippen LogP contribution in [-0.4, -0.2) is 16.9 Å². The summed E-state index contributed by atoms with van der Waals surface area (Å²) in [4.78, 5) is 28.1. The van der Waals surface area contributed by atoms with Gasteiger partial charge in [0.2, 0.25) is 0 Å². The number of nitrogens with zero attached hydrogens (tertiary/aromatic N) is 1. The first kappa shape index (κ1) is 22.8. The van der Waals surface area contributed by atoms with Crippen LogP contribution in [-0.2, 0) is 9.59 Å². The summed E-state index contributed by atoms with van der Waals surface area (Å²) >= 11 is 16.1. The minimum atomic E-state index is -0.569. The van der Waals surface area contributed by atoms with Crippen LogP contribution in [0.2, 0.25) is 5.02 Å². The molecule has 5 nitrogen and oxygen atoms in total. The van der Waals surface area contributed by atoms with E-state index in [1.807, 2.05) is 44.2 Å². The molecule has 1 aliphatic heterocycles. The van der Waals surface area contributed by atoms with Gasteiger partial charge in [-0.3, -0.25) is 19.8 Å². The number of furan rings is 1. The third-order valence-corrected chi connectivity index (χ3v) is 7.08. The molecule has 32 heavy (non-hydrogen) atoms. The van der Waals surface area contributed by atoms with Crippen molar-refractivity contribution in [1.82, 2.24) is 5.32 Å². The number of nitrogens with one attached hydrogen (secondary N) is 1. The maximum atomic E-state index is 13.3. The van der Waals surface area contributed by atoms with Gasteiger partial charge in [-0.15, -0.1) is 0 Å². The lowest BCUT2D eigenvalue weighted by Gasteiger charge is -2.30. The minimum absolute atomic E-state index is 0.0467. The van der Waals surface area contributed by atoms with E-state index in [2.05, 4.69) is 21.2 Å². The zero-order valence-electron chi connectivity index (χ0n) is 16.9. The zero-order valence-corrected chi connectivity index (χ0v) is 20.9. The number of amides is 2. The molecule has 1 aromatic heterocycles. The van der Waals surface area contributed by atoms with E-state index in [9.17, 15) is 9.59 Å². The first-order valence-electron chi connectivity index (χ1n) is 9.44. The molecule has 0 atom stereocenters. The summed E-state index contributed by atoms with van der Waals surface area (Å²) < 4.78 is 6.59. The number of aryl methyl sites for hydroxylation is 2. The Bertz CT molecular complexity index is 1280. The van der Waals surface area contributed by atoms with Crippen molar-refractivity contribution >= 4 is 80.2 Å². The topological polar surface area (TPSA) is 62.6 Å². The van der Waals surface area contributed by atoms with Gasteiger partial charge in [0.25, 0.3) is 11.8 Å². The van der Waals surface area contributed by atoms with Crippen LogP contribution in [0.5, 0.6) is 0 Å². The van der Waals surface area contributed by atoms with Crippen molar-refractivity contribution in [2.75, 3.05) is 4.90 Å². The lowest BCUT2D eigenvalue weighted by molar-refractivity contribution is -0.122. The highest BCUT2D eigenvalue weighted by atomic mass is 79.9. The lowest BCUT2D eigenvalue weighted by Crippen LogP contribution is -2.54. The first-order valence-corrected chi connectivity index (χ1v) is 11.8. The zero-order chi connectivity index (χ0) is 23.0. The van der Waals surface area contributed by atoms with E-state index >= 15 is 0 Å². The van der Waals surface area contributed by atoms with Crippen LogP contribution in [0.25, 0.3) is 6.08 Å². The number of rotatable bonds is 4. The Balaban J connectivity index is 1.66. The number of carbonyl (C=O) groups excluding carboxylic acids is 2. The van der Waals surface area contributed by atoms with Crippen molar-refractivity contribution in [2.45, 2.75) is 23.8 Å². The van der Waals surface area contributed by atoms with Gasteiger partial charge in [0.05, 0.1) is 10.2 Å². The van der Waals surface area contributed by atoms with Crippen LogP contribution >= 0.6 is 51.5 Å². The number of thiocarbonyl (C=S) groups is 1. The fourth-order valence-corrected chi connectivity index (χ4v) is 4.83. The molecule has 0 saturated carbocycles. The van der Waals surface area contributed by atoms with Crippen molar-refractivity contribution in [3.63, 3.8) is 0 Å². The Morgan fingerprint density at radius 2 is 1.84 bits per heavy atom. The molecule has 0 unspecified atom stereocenters. The van der Waals surface area contributed by atoms with Crippen LogP contribution < -0.4 is 10.2 Å². The molecular weight excluding hydrogens is 532 g/mol. The highest BCUT2D eigenvalue weighted by Gasteiger charge is 2.35. The second kappa shape index (κ2) is 9.23. The van der Waals surface area contributed by atoms with Gasteiger partial charge >= 0.3 is 0 Å². The molecular formula is C23H16BrClN2O3S2. The third kappa shape index (κ3) is 4.68. The van der Waals surface area contributed by atoms with Crippen LogP contribution in [0.15, 0.2) is 73.0 Å². The minimum Gasteiger partial charge on any atom is -0.449 e. The summed E-state index contributed by atoms with van der Waals surface area (Å²) in [5.74, 6) is -0.714. The van der Waals surface area contributed by atoms with Crippen molar-refractivity contribution in [3.05, 3.63) is 80.5 Å². The van der Waals surface area contributed by atoms with E-state index in [-0.39, 0.29) is 10.7 Å². The maximum absolute atomic E-state index is 13.3. The smallest absolute Gasteiger partial charge is 0.270 e. The number of benzene rings is 2. The molecule has 0 radical (unpaired) electrons. The summed E-state index contributed by atoms with van der Waals surface area (Å²) in [5, 5.41) is 3.88. The van der Waals surface area contributed by atoms with E-state index in [0.717, 1.165) is 16.0 Å². The quantitative estimate of drug-likeness (QED) is 0.236. The number of anilines is 1. The number of hydrogen-bond donors (Lipinski definition) is 1. The molecule has 162 valence electrons. The summed E-state index contributed by atoms with van der Waals surface area (Å²) in [5.41, 5.74) is 2.40. The molecule has 0 bridgehead atoms. The van der Waals surface area contributed by atoms with Crippen LogP contribution in [0.4, 0.5) is 5.69 Å². The Kier molecular flexibility index (Phi) is 6.57. The molecule has 2 amide bonds. The summed E-state index contributed by atoms with van der Waals surface area (Å²) in [6.45, 7) is 3.81. The normalized spacial score (nSPS) is 15.4. The molecule has 1 saturated heterocycles. The van der Waals surface area contributed by atoms with E-state index in [1.165, 1.54) is 22.7 Å². The van der Waals surface area contributed by atoms with Crippen molar-refractivity contribution in [3.8, 4) is 0 Å². The lowest BCUT2D eigenvalue weighted by atomic mass is 10.1. The first-order chi connectivity index (χ1) is 15.2. The van der Waals surface area contributed by atoms with E-state index in [0.29, 0.717) is 26.0 Å². The van der Waals surface area contributed by atoms with Gasteiger partial charge in [-0.1, -0.05) is 35.5 Å². The number of carbonyl (C=O) groups is 2. The highest BCUT2D eigenvalue weighted by molar-refractivity contribution is 9.10. The largest absolute Gasteiger partial charge is 0.449 e. The maximum Gasteiger partial charge on any atom is 0.270 e. The Morgan fingerprint density at radius 1 is 1.12 bits per heavy atom. The Morgan fingerprint density at radius 3 is 2.56 bits per heavy atom. The van der Waals surface area contributed by atoms with Crippen LogP contribution in [0, 0.1) is 13.8 Å². The van der Waals surface area contributed by atoms with E-state index < -0.39 is 11.8 Å². The van der Waals surface area contributed by atoms with E-state index in [4.69, 9.17) is 28.2 Å². The summed E-state index contributed by atoms with van der Waals surface area (Å²) in [6.07, 6.45) is 1.42. The molecule has 1 N–H and O–H groups in total. The van der Waals surface area contributed by atoms with Crippen LogP contribution in [0.1, 0.15) is 16.9 Å². The predicted molar refractivity (Wildman–Crippen MR) is 134 cm³/mol. The second-order valence-corrected chi connectivity index (χ2v) is 9.81. The van der Waals surface area contributed by atoms with Gasteiger partial charge in [0.1, 0.15) is 11.3 Å². The molecule has 3 aromatic rings. The van der Waals surface area contributed by atoms with Gasteiger partial charge < -0.3 is 4.42 Å². The average Bonchev–Trinajstić information content (AvgIpc) is 3.08. The van der Waals surface area contributed by atoms with Crippen molar-refractivity contribution < 1.29 is 14.0 Å². The number of halogens is 2. The Labute approximate surface area is 207 Å². The fourth-order valence-electron chi connectivity index (χ4n) is 3.10. The third-order valence-electron chi connectivity index (χ3n) is 4.69. The van der Waals surface area contributed by atoms with Crippen molar-refractivity contribution in [2.24, 2.45) is 0 Å². The van der Waals surface area contributed by atoms with Gasteiger partial charge in [-0.2, -0.15) is 0 Å².